The molecule has 0 unspecified atom stereocenters. The van der Waals surface area contributed by atoms with Crippen molar-refractivity contribution in [1.29, 1.82) is 0 Å². The smallest absolute Gasteiger partial charge is 0.246 e. The fourth-order valence-corrected chi connectivity index (χ4v) is 3.16. The molecule has 2 rings (SSSR count). The van der Waals surface area contributed by atoms with Crippen molar-refractivity contribution in [2.75, 3.05) is 13.2 Å². The largest absolute Gasteiger partial charge is 0.364 e. The molecule has 3 N–H and O–H groups in total. The first-order valence-corrected chi connectivity index (χ1v) is 7.37. The van der Waals surface area contributed by atoms with Crippen LogP contribution >= 0.6 is 0 Å². The van der Waals surface area contributed by atoms with E-state index in [0.717, 1.165) is 25.7 Å². The lowest BCUT2D eigenvalue weighted by molar-refractivity contribution is -0.133. The van der Waals surface area contributed by atoms with Gasteiger partial charge in [-0.05, 0) is 25.7 Å². The van der Waals surface area contributed by atoms with Crippen LogP contribution in [-0.4, -0.2) is 30.7 Å². The highest BCUT2D eigenvalue weighted by atomic mass is 16.5. The highest BCUT2D eigenvalue weighted by Gasteiger charge is 2.34. The predicted octanol–water partition coefficient (Wildman–Crippen LogP) is 1.72. The maximum Gasteiger partial charge on any atom is 0.246 e. The van der Waals surface area contributed by atoms with Gasteiger partial charge in [0.2, 0.25) is 5.91 Å². The molecule has 2 fully saturated rings. The molecular formula is C14H26N2O2. The normalized spacial score (nSPS) is 24.1. The summed E-state index contributed by atoms with van der Waals surface area (Å²) >= 11 is 0. The molecule has 0 aromatic rings. The van der Waals surface area contributed by atoms with Gasteiger partial charge >= 0.3 is 0 Å². The second-order valence-electron chi connectivity index (χ2n) is 5.79. The molecule has 0 radical (unpaired) electrons. The van der Waals surface area contributed by atoms with Crippen LogP contribution in [0.25, 0.3) is 0 Å². The summed E-state index contributed by atoms with van der Waals surface area (Å²) in [4.78, 5) is 11.8. The number of nitrogens with one attached hydrogen (secondary N) is 1. The van der Waals surface area contributed by atoms with E-state index in [4.69, 9.17) is 10.5 Å². The van der Waals surface area contributed by atoms with E-state index in [1.807, 2.05) is 0 Å². The molecule has 2 aliphatic rings. The van der Waals surface area contributed by atoms with Crippen LogP contribution in [0.2, 0.25) is 0 Å². The third kappa shape index (κ3) is 3.69. The van der Waals surface area contributed by atoms with E-state index < -0.39 is 0 Å². The lowest BCUT2D eigenvalue weighted by Crippen LogP contribution is -2.43. The number of nitrogens with two attached hydrogens (primary N) is 1. The van der Waals surface area contributed by atoms with Crippen LogP contribution in [0.3, 0.4) is 0 Å². The summed E-state index contributed by atoms with van der Waals surface area (Å²) in [5.74, 6) is 0.0293. The fourth-order valence-electron chi connectivity index (χ4n) is 3.16. The van der Waals surface area contributed by atoms with E-state index in [1.165, 1.54) is 32.1 Å². The van der Waals surface area contributed by atoms with Crippen molar-refractivity contribution in [2.24, 2.45) is 5.73 Å². The first kappa shape index (κ1) is 13.8. The molecule has 18 heavy (non-hydrogen) atoms. The summed E-state index contributed by atoms with van der Waals surface area (Å²) in [5, 5.41) is 3.08. The molecular weight excluding hydrogens is 228 g/mol. The Balaban J connectivity index is 1.70. The molecule has 2 saturated carbocycles. The van der Waals surface area contributed by atoms with Crippen LogP contribution in [0.15, 0.2) is 0 Å². The van der Waals surface area contributed by atoms with Crippen LogP contribution in [-0.2, 0) is 9.53 Å². The zero-order valence-electron chi connectivity index (χ0n) is 11.2. The topological polar surface area (TPSA) is 64.3 Å². The lowest BCUT2D eigenvalue weighted by Gasteiger charge is -2.28. The zero-order valence-corrected chi connectivity index (χ0v) is 11.2. The van der Waals surface area contributed by atoms with Crippen LogP contribution in [0.1, 0.15) is 57.8 Å². The van der Waals surface area contributed by atoms with E-state index in [2.05, 4.69) is 5.32 Å². The minimum absolute atomic E-state index is 0.0293. The average molecular weight is 254 g/mol. The van der Waals surface area contributed by atoms with Gasteiger partial charge in [-0.1, -0.05) is 32.1 Å². The fraction of sp³-hybridized carbons (Fsp3) is 0.929. The highest BCUT2D eigenvalue weighted by Crippen LogP contribution is 2.32. The summed E-state index contributed by atoms with van der Waals surface area (Å²) in [6.07, 6.45) is 10.3. The second-order valence-corrected chi connectivity index (χ2v) is 5.79. The van der Waals surface area contributed by atoms with Crippen molar-refractivity contribution in [2.45, 2.75) is 69.4 Å². The molecule has 4 heteroatoms. The Morgan fingerprint density at radius 1 is 1.17 bits per heavy atom. The first-order valence-electron chi connectivity index (χ1n) is 7.37. The van der Waals surface area contributed by atoms with Crippen LogP contribution in [0.4, 0.5) is 0 Å². The Labute approximate surface area is 110 Å². The Hall–Kier alpha value is -0.610. The molecule has 0 saturated heterocycles. The monoisotopic (exact) mass is 254 g/mol. The SMILES string of the molecule is NCC1(OCC(=O)NC2CCCCC2)CCCC1. The van der Waals surface area contributed by atoms with Crippen LogP contribution in [0.5, 0.6) is 0 Å². The van der Waals surface area contributed by atoms with E-state index in [1.54, 1.807) is 0 Å². The predicted molar refractivity (Wildman–Crippen MR) is 71.2 cm³/mol. The van der Waals surface area contributed by atoms with Crippen LogP contribution in [0, 0.1) is 0 Å². The maximum atomic E-state index is 11.8. The molecule has 0 heterocycles. The third-order valence-electron chi connectivity index (χ3n) is 4.37. The zero-order chi connectivity index (χ0) is 12.8. The molecule has 1 amide bonds. The summed E-state index contributed by atoms with van der Waals surface area (Å²) in [6, 6.07) is 0.368. The summed E-state index contributed by atoms with van der Waals surface area (Å²) in [7, 11) is 0. The first-order chi connectivity index (χ1) is 8.74. The Morgan fingerprint density at radius 3 is 2.44 bits per heavy atom. The molecule has 104 valence electrons. The third-order valence-corrected chi connectivity index (χ3v) is 4.37. The van der Waals surface area contributed by atoms with Crippen molar-refractivity contribution in [1.82, 2.24) is 5.32 Å². The molecule has 2 aliphatic carbocycles. The van der Waals surface area contributed by atoms with E-state index >= 15 is 0 Å². The standard InChI is InChI=1S/C14H26N2O2/c15-11-14(8-4-5-9-14)18-10-13(17)16-12-6-2-1-3-7-12/h12H,1-11,15H2,(H,16,17). The van der Waals surface area contributed by atoms with Crippen molar-refractivity contribution in [3.63, 3.8) is 0 Å². The van der Waals surface area contributed by atoms with Crippen LogP contribution < -0.4 is 11.1 Å². The average Bonchev–Trinajstić information content (AvgIpc) is 2.87. The summed E-state index contributed by atoms with van der Waals surface area (Å²) < 4.78 is 5.81. The number of amides is 1. The van der Waals surface area contributed by atoms with Gasteiger partial charge in [0.25, 0.3) is 0 Å². The molecule has 0 aliphatic heterocycles. The number of hydrogen-bond acceptors (Lipinski definition) is 3. The molecule has 0 bridgehead atoms. The van der Waals surface area contributed by atoms with Gasteiger partial charge < -0.3 is 15.8 Å². The Morgan fingerprint density at radius 2 is 1.83 bits per heavy atom. The van der Waals surface area contributed by atoms with Crippen molar-refractivity contribution >= 4 is 5.91 Å². The number of ether oxygens (including phenoxy) is 1. The molecule has 0 aromatic heterocycles. The van der Waals surface area contributed by atoms with Gasteiger partial charge in [0, 0.05) is 12.6 Å². The highest BCUT2D eigenvalue weighted by molar-refractivity contribution is 5.77. The maximum absolute atomic E-state index is 11.8. The molecule has 0 aromatic carbocycles. The van der Waals surface area contributed by atoms with Gasteiger partial charge in [0.15, 0.2) is 0 Å². The van der Waals surface area contributed by atoms with E-state index in [9.17, 15) is 4.79 Å². The van der Waals surface area contributed by atoms with Crippen molar-refractivity contribution < 1.29 is 9.53 Å². The summed E-state index contributed by atoms with van der Waals surface area (Å²) in [5.41, 5.74) is 5.56. The van der Waals surface area contributed by atoms with Gasteiger partial charge in [-0.15, -0.1) is 0 Å². The van der Waals surface area contributed by atoms with Crippen molar-refractivity contribution in [3.05, 3.63) is 0 Å². The number of carbonyl (C=O) groups is 1. The second kappa shape index (κ2) is 6.53. The number of carbonyl (C=O) groups excluding carboxylic acids is 1. The molecule has 4 nitrogen and oxygen atoms in total. The van der Waals surface area contributed by atoms with E-state index in [-0.39, 0.29) is 18.1 Å². The van der Waals surface area contributed by atoms with Gasteiger partial charge in [0.1, 0.15) is 6.61 Å². The van der Waals surface area contributed by atoms with Gasteiger partial charge in [-0.25, -0.2) is 0 Å². The molecule has 0 spiro atoms. The minimum atomic E-state index is -0.218. The quantitative estimate of drug-likeness (QED) is 0.785. The number of rotatable bonds is 5. The van der Waals surface area contributed by atoms with Crippen molar-refractivity contribution in [3.8, 4) is 0 Å². The van der Waals surface area contributed by atoms with E-state index in [0.29, 0.717) is 12.6 Å². The van der Waals surface area contributed by atoms with Gasteiger partial charge in [-0.3, -0.25) is 4.79 Å². The minimum Gasteiger partial charge on any atom is -0.364 e. The van der Waals surface area contributed by atoms with Gasteiger partial charge in [-0.2, -0.15) is 0 Å². The van der Waals surface area contributed by atoms with Gasteiger partial charge in [0.05, 0.1) is 5.60 Å². The Kier molecular flexibility index (Phi) is 5.01. The number of hydrogen-bond donors (Lipinski definition) is 2. The Bertz CT molecular complexity index is 269. The molecule has 0 atom stereocenters. The summed E-state index contributed by atoms with van der Waals surface area (Å²) in [6.45, 7) is 0.706. The lowest BCUT2D eigenvalue weighted by atomic mass is 9.95.